The zero-order chi connectivity index (χ0) is 28.4. The maximum absolute atomic E-state index is 5.08. The fourth-order valence-corrected chi connectivity index (χ4v) is 5.37. The van der Waals surface area contributed by atoms with Crippen molar-refractivity contribution in [2.45, 2.75) is 103 Å². The van der Waals surface area contributed by atoms with Crippen molar-refractivity contribution in [3.63, 3.8) is 0 Å². The Balaban J connectivity index is 0.000000624. The number of nitrogens with zero attached hydrogens (tertiary/aromatic N) is 2. The Morgan fingerprint density at radius 1 is 0.737 bits per heavy atom. The summed E-state index contributed by atoms with van der Waals surface area (Å²) in [7, 11) is 0. The van der Waals surface area contributed by atoms with Gasteiger partial charge in [-0.2, -0.15) is 5.70 Å². The summed E-state index contributed by atoms with van der Waals surface area (Å²) in [6.07, 6.45) is 10.9. The molecule has 0 saturated heterocycles. The molecule has 3 rings (SSSR count). The molecule has 0 saturated carbocycles. The average molecular weight is 525 g/mol. The molecular formula is C35H49AlN2. The monoisotopic (exact) mass is 524 g/mol. The molecule has 0 aromatic heterocycles. The van der Waals surface area contributed by atoms with E-state index in [-0.39, 0.29) is 0 Å². The summed E-state index contributed by atoms with van der Waals surface area (Å²) in [5, 5.41) is 5.08. The van der Waals surface area contributed by atoms with Gasteiger partial charge in [0.05, 0.1) is 5.69 Å². The van der Waals surface area contributed by atoms with Crippen LogP contribution in [0.2, 0.25) is 10.6 Å². The Hall–Kier alpha value is -2.34. The van der Waals surface area contributed by atoms with Crippen LogP contribution in [0.15, 0.2) is 77.5 Å². The van der Waals surface area contributed by atoms with E-state index in [0.717, 1.165) is 27.6 Å². The second-order valence-electron chi connectivity index (χ2n) is 11.5. The number of hydrogen-bond acceptors (Lipinski definition) is 1. The van der Waals surface area contributed by atoms with Crippen molar-refractivity contribution in [1.29, 1.82) is 0 Å². The van der Waals surface area contributed by atoms with Gasteiger partial charge in [0.15, 0.2) is 0 Å². The van der Waals surface area contributed by atoms with Gasteiger partial charge < -0.3 is 5.32 Å². The zero-order valence-electron chi connectivity index (χ0n) is 25.7. The van der Waals surface area contributed by atoms with Crippen LogP contribution in [0.5, 0.6) is 0 Å². The molecule has 0 unspecified atom stereocenters. The average Bonchev–Trinajstić information content (AvgIpc) is 3.38. The summed E-state index contributed by atoms with van der Waals surface area (Å²) >= 11 is 0.627. The second kappa shape index (κ2) is 15.3. The maximum atomic E-state index is 5.08. The van der Waals surface area contributed by atoms with E-state index in [1.54, 1.807) is 0 Å². The van der Waals surface area contributed by atoms with Gasteiger partial charge in [-0.15, -0.1) is 5.69 Å². The van der Waals surface area contributed by atoms with E-state index >= 15 is 0 Å². The fourth-order valence-electron chi connectivity index (χ4n) is 4.67. The summed E-state index contributed by atoms with van der Waals surface area (Å²) in [4.78, 5) is 5.08. The molecule has 0 spiro atoms. The molecule has 2 aromatic rings. The number of para-hydroxylation sites is 2. The third-order valence-corrected chi connectivity index (χ3v) is 8.06. The molecule has 2 aromatic carbocycles. The molecule has 0 atom stereocenters. The Kier molecular flexibility index (Phi) is 12.8. The van der Waals surface area contributed by atoms with Crippen LogP contribution in [0, 0.1) is 0 Å². The van der Waals surface area contributed by atoms with Crippen LogP contribution in [0.25, 0.3) is 5.32 Å². The predicted octanol–water partition coefficient (Wildman–Crippen LogP) is 11.5. The molecular weight excluding hydrogens is 475 g/mol. The quantitative estimate of drug-likeness (QED) is 0.230. The summed E-state index contributed by atoms with van der Waals surface area (Å²) in [6.45, 7) is 22.1. The number of aliphatic imine (C=N–C) groups is 1. The third-order valence-electron chi connectivity index (χ3n) is 6.84. The molecule has 0 amide bonds. The predicted molar refractivity (Wildman–Crippen MR) is 172 cm³/mol. The number of rotatable bonds is 9. The first-order chi connectivity index (χ1) is 18.0. The SMILES string of the molecule is CC(/C=C(/C)[N-]c1c(C(C)C)cccc1C(C)C)=Nc1c(C(C)C)cccc1C(C)C.[CH3][Al+][CH]1C=CC=C1. The molecule has 202 valence electrons. The first-order valence-electron chi connectivity index (χ1n) is 14.3. The van der Waals surface area contributed by atoms with Crippen molar-refractivity contribution >= 4 is 32.3 Å². The molecule has 1 aliphatic carbocycles. The first-order valence-corrected chi connectivity index (χ1v) is 16.1. The Morgan fingerprint density at radius 2 is 1.16 bits per heavy atom. The van der Waals surface area contributed by atoms with E-state index < -0.39 is 0 Å². The van der Waals surface area contributed by atoms with Gasteiger partial charge >= 0.3 is 50.1 Å². The minimum atomic E-state index is 0.437. The Morgan fingerprint density at radius 3 is 1.53 bits per heavy atom. The van der Waals surface area contributed by atoms with Crippen molar-refractivity contribution in [3.8, 4) is 0 Å². The van der Waals surface area contributed by atoms with E-state index in [9.17, 15) is 0 Å². The number of benzene rings is 2. The summed E-state index contributed by atoms with van der Waals surface area (Å²) in [5.74, 6) is 4.03. The van der Waals surface area contributed by atoms with Gasteiger partial charge in [0.1, 0.15) is 0 Å². The molecule has 0 heterocycles. The zero-order valence-corrected chi connectivity index (χ0v) is 26.9. The van der Waals surface area contributed by atoms with Gasteiger partial charge in [-0.25, -0.2) is 0 Å². The van der Waals surface area contributed by atoms with Crippen LogP contribution in [0.1, 0.15) is 115 Å². The summed E-state index contributed by atoms with van der Waals surface area (Å²) in [6, 6.07) is 13.1. The van der Waals surface area contributed by atoms with Gasteiger partial charge in [-0.3, -0.25) is 4.99 Å². The van der Waals surface area contributed by atoms with Crippen molar-refractivity contribution in [1.82, 2.24) is 0 Å². The number of allylic oxidation sites excluding steroid dienone is 6. The second-order valence-corrected chi connectivity index (χ2v) is 13.0. The normalized spacial score (nSPS) is 14.0. The Bertz CT molecular complexity index is 1100. The third kappa shape index (κ3) is 9.15. The first kappa shape index (κ1) is 31.9. The van der Waals surface area contributed by atoms with Gasteiger partial charge in [-0.05, 0) is 41.7 Å². The summed E-state index contributed by atoms with van der Waals surface area (Å²) < 4.78 is 0.819. The molecule has 1 aliphatic rings. The minimum absolute atomic E-state index is 0.437. The van der Waals surface area contributed by atoms with Crippen LogP contribution < -0.4 is 0 Å². The van der Waals surface area contributed by atoms with E-state index in [2.05, 4.69) is 142 Å². The van der Waals surface area contributed by atoms with Gasteiger partial charge in [0, 0.05) is 5.71 Å². The van der Waals surface area contributed by atoms with Gasteiger partial charge in [-0.1, -0.05) is 116 Å². The van der Waals surface area contributed by atoms with E-state index in [1.165, 1.54) is 22.3 Å². The van der Waals surface area contributed by atoms with E-state index in [4.69, 9.17) is 10.3 Å². The molecule has 0 bridgehead atoms. The van der Waals surface area contributed by atoms with Crippen LogP contribution in [-0.2, 0) is 0 Å². The van der Waals surface area contributed by atoms with Crippen molar-refractivity contribution in [2.24, 2.45) is 4.99 Å². The summed E-state index contributed by atoms with van der Waals surface area (Å²) in [5.41, 5.74) is 9.45. The molecule has 0 radical (unpaired) electrons. The van der Waals surface area contributed by atoms with E-state index in [0.29, 0.717) is 38.9 Å². The molecule has 0 fully saturated rings. The molecule has 0 N–H and O–H groups in total. The van der Waals surface area contributed by atoms with Crippen molar-refractivity contribution in [2.75, 3.05) is 0 Å². The molecule has 3 heteroatoms. The molecule has 0 aliphatic heterocycles. The van der Waals surface area contributed by atoms with Crippen LogP contribution >= 0.6 is 0 Å². The standard InChI is InChI=1S/C29H41N2.C5H5.CH3.Al/c1-18(2)24-13-11-14-25(19(3)4)28(24)30-22(9)17-23(10)31-29-26(20(5)6)15-12-16-27(29)21(7)8;1-2-4-5-3-1;;/h11-21H,1-10H3;1-5H;1H3;/q-1;;;+1/b22-17-,31-23?;;;. The van der Waals surface area contributed by atoms with E-state index in [1.807, 2.05) is 0 Å². The van der Waals surface area contributed by atoms with Crippen molar-refractivity contribution < 1.29 is 0 Å². The van der Waals surface area contributed by atoms with Crippen molar-refractivity contribution in [3.05, 3.63) is 100 Å². The Labute approximate surface area is 240 Å². The number of hydrogen-bond donors (Lipinski definition) is 0. The fraction of sp³-hybridized carbons (Fsp3) is 0.457. The molecule has 2 nitrogen and oxygen atoms in total. The molecule has 38 heavy (non-hydrogen) atoms. The van der Waals surface area contributed by atoms with Crippen LogP contribution in [0.3, 0.4) is 0 Å². The van der Waals surface area contributed by atoms with Crippen LogP contribution in [0.4, 0.5) is 11.4 Å². The van der Waals surface area contributed by atoms with Crippen LogP contribution in [-0.4, -0.2) is 20.9 Å². The topological polar surface area (TPSA) is 26.5 Å². The van der Waals surface area contributed by atoms with Gasteiger partial charge in [0.2, 0.25) is 0 Å². The van der Waals surface area contributed by atoms with Gasteiger partial charge in [0.25, 0.3) is 0 Å².